The molecule has 1 aromatic heterocycles. The third-order valence-corrected chi connectivity index (χ3v) is 5.60. The molecule has 1 fully saturated rings. The van der Waals surface area contributed by atoms with E-state index in [4.69, 9.17) is 0 Å². The molecule has 0 atom stereocenters. The van der Waals surface area contributed by atoms with Crippen LogP contribution in [0, 0.1) is 0 Å². The fourth-order valence-corrected chi connectivity index (χ4v) is 4.19. The van der Waals surface area contributed by atoms with Gasteiger partial charge in [-0.2, -0.15) is 16.9 Å². The molecule has 1 saturated heterocycles. The lowest BCUT2D eigenvalue weighted by molar-refractivity contribution is -0.145. The van der Waals surface area contributed by atoms with Crippen molar-refractivity contribution in [3.8, 4) is 0 Å². The van der Waals surface area contributed by atoms with E-state index in [1.807, 2.05) is 20.8 Å². The van der Waals surface area contributed by atoms with Crippen molar-refractivity contribution in [1.29, 1.82) is 0 Å². The number of nitrogens with zero attached hydrogens (tertiary/aromatic N) is 4. The van der Waals surface area contributed by atoms with E-state index in [2.05, 4.69) is 10.4 Å². The summed E-state index contributed by atoms with van der Waals surface area (Å²) in [5.74, 6) is 1.01. The van der Waals surface area contributed by atoms with Crippen LogP contribution in [0.2, 0.25) is 0 Å². The van der Waals surface area contributed by atoms with Gasteiger partial charge in [-0.1, -0.05) is 0 Å². The molecular weight excluding hydrogens is 354 g/mol. The van der Waals surface area contributed by atoms with Crippen LogP contribution >= 0.6 is 11.8 Å². The van der Waals surface area contributed by atoms with E-state index in [0.29, 0.717) is 32.0 Å². The van der Waals surface area contributed by atoms with Crippen LogP contribution in [0.5, 0.6) is 0 Å². The number of carbonyl (C=O) groups is 3. The first-order chi connectivity index (χ1) is 12.2. The van der Waals surface area contributed by atoms with E-state index in [9.17, 15) is 14.4 Å². The van der Waals surface area contributed by atoms with Crippen LogP contribution in [0.25, 0.3) is 0 Å². The number of piperazine rings is 1. The largest absolute Gasteiger partial charge is 0.339 e. The van der Waals surface area contributed by atoms with Crippen LogP contribution in [-0.2, 0) is 31.4 Å². The van der Waals surface area contributed by atoms with Crippen molar-refractivity contribution in [2.75, 3.05) is 31.5 Å². The summed E-state index contributed by atoms with van der Waals surface area (Å²) in [5.41, 5.74) is 1.68. The van der Waals surface area contributed by atoms with Gasteiger partial charge in [-0.15, -0.1) is 0 Å². The fourth-order valence-electron chi connectivity index (χ4n) is 3.16. The molecule has 1 N–H and O–H groups in total. The zero-order valence-corrected chi connectivity index (χ0v) is 16.5. The maximum atomic E-state index is 12.6. The molecule has 142 valence electrons. The lowest BCUT2D eigenvalue weighted by Gasteiger charge is -2.33. The molecule has 26 heavy (non-hydrogen) atoms. The van der Waals surface area contributed by atoms with Crippen molar-refractivity contribution in [1.82, 2.24) is 19.6 Å². The first-order valence-electron chi connectivity index (χ1n) is 8.73. The molecule has 9 heteroatoms. The van der Waals surface area contributed by atoms with Gasteiger partial charge in [-0.3, -0.25) is 14.4 Å². The van der Waals surface area contributed by atoms with Crippen LogP contribution in [0.1, 0.15) is 39.0 Å². The molecule has 3 heterocycles. The maximum absolute atomic E-state index is 12.6. The number of hydrogen-bond acceptors (Lipinski definition) is 5. The zero-order chi connectivity index (χ0) is 19.1. The van der Waals surface area contributed by atoms with E-state index in [-0.39, 0.29) is 11.4 Å². The summed E-state index contributed by atoms with van der Waals surface area (Å²) in [6, 6.07) is 0. The van der Waals surface area contributed by atoms with Gasteiger partial charge in [-0.05, 0) is 20.8 Å². The van der Waals surface area contributed by atoms with Crippen molar-refractivity contribution in [2.24, 2.45) is 0 Å². The minimum Gasteiger partial charge on any atom is -0.339 e. The molecule has 0 bridgehead atoms. The number of hydrogen-bond donors (Lipinski definition) is 1. The summed E-state index contributed by atoms with van der Waals surface area (Å²) in [6.07, 6.45) is 0. The Morgan fingerprint density at radius 1 is 1.04 bits per heavy atom. The Bertz CT molecular complexity index is 744. The number of thioether (sulfide) groups is 1. The maximum Gasteiger partial charge on any atom is 0.315 e. The number of rotatable bonds is 1. The molecular formula is C17H25N5O3S. The van der Waals surface area contributed by atoms with Crippen molar-refractivity contribution >= 4 is 35.3 Å². The molecule has 8 nitrogen and oxygen atoms in total. The Labute approximate surface area is 157 Å². The van der Waals surface area contributed by atoms with E-state index in [1.54, 1.807) is 21.3 Å². The van der Waals surface area contributed by atoms with E-state index in [0.717, 1.165) is 22.8 Å². The molecule has 1 aromatic rings. The quantitative estimate of drug-likeness (QED) is 0.736. The first kappa shape index (κ1) is 18.8. The highest BCUT2D eigenvalue weighted by molar-refractivity contribution is 7.98. The summed E-state index contributed by atoms with van der Waals surface area (Å²) in [6.45, 7) is 9.22. The van der Waals surface area contributed by atoms with Gasteiger partial charge in [0.05, 0.1) is 11.2 Å². The van der Waals surface area contributed by atoms with Crippen molar-refractivity contribution in [3.05, 3.63) is 11.3 Å². The molecule has 0 radical (unpaired) electrons. The summed E-state index contributed by atoms with van der Waals surface area (Å²) >= 11 is 1.75. The minimum absolute atomic E-state index is 0.0105. The van der Waals surface area contributed by atoms with E-state index >= 15 is 0 Å². The summed E-state index contributed by atoms with van der Waals surface area (Å²) < 4.78 is 1.80. The number of amides is 3. The highest BCUT2D eigenvalue weighted by Gasteiger charge is 2.32. The normalized spacial score (nSPS) is 17.2. The minimum atomic E-state index is -0.647. The van der Waals surface area contributed by atoms with E-state index < -0.39 is 11.8 Å². The molecule has 2 aliphatic rings. The van der Waals surface area contributed by atoms with E-state index in [1.165, 1.54) is 11.8 Å². The van der Waals surface area contributed by atoms with Gasteiger partial charge in [-0.25, -0.2) is 4.68 Å². The smallest absolute Gasteiger partial charge is 0.315 e. The van der Waals surface area contributed by atoms with Gasteiger partial charge < -0.3 is 15.1 Å². The molecule has 3 amide bonds. The number of fused-ring (bicyclic) bond motifs is 1. The van der Waals surface area contributed by atoms with Crippen molar-refractivity contribution in [2.45, 2.75) is 44.7 Å². The second-order valence-corrected chi connectivity index (χ2v) is 8.59. The van der Waals surface area contributed by atoms with Crippen molar-refractivity contribution < 1.29 is 14.4 Å². The molecule has 0 aromatic carbocycles. The number of carbonyl (C=O) groups excluding carboxylic acids is 3. The van der Waals surface area contributed by atoms with Crippen LogP contribution in [0.3, 0.4) is 0 Å². The monoisotopic (exact) mass is 379 g/mol. The SMILES string of the molecule is CC(=O)N1CCN(C(=O)C(=O)Nc2c3c(nn2C(C)(C)C)CSC3)CC1. The van der Waals surface area contributed by atoms with Gasteiger partial charge in [0.2, 0.25) is 5.91 Å². The van der Waals surface area contributed by atoms with Gasteiger partial charge in [0.1, 0.15) is 5.82 Å². The lowest BCUT2D eigenvalue weighted by atomic mass is 10.1. The molecule has 0 spiro atoms. The van der Waals surface area contributed by atoms with Gasteiger partial charge in [0, 0.05) is 50.2 Å². The number of nitrogens with one attached hydrogen (secondary N) is 1. The fraction of sp³-hybridized carbons (Fsp3) is 0.647. The van der Waals surface area contributed by atoms with Crippen LogP contribution in [0.15, 0.2) is 0 Å². The second-order valence-electron chi connectivity index (χ2n) is 7.60. The predicted octanol–water partition coefficient (Wildman–Crippen LogP) is 1.01. The second kappa shape index (κ2) is 6.94. The third kappa shape index (κ3) is 3.58. The lowest BCUT2D eigenvalue weighted by Crippen LogP contribution is -2.52. The van der Waals surface area contributed by atoms with Gasteiger partial charge in [0.15, 0.2) is 0 Å². The van der Waals surface area contributed by atoms with Crippen molar-refractivity contribution in [3.63, 3.8) is 0 Å². The number of aromatic nitrogens is 2. The number of anilines is 1. The van der Waals surface area contributed by atoms with Crippen LogP contribution in [0.4, 0.5) is 5.82 Å². The topological polar surface area (TPSA) is 87.5 Å². The van der Waals surface area contributed by atoms with Gasteiger partial charge in [0.25, 0.3) is 0 Å². The molecule has 0 aliphatic carbocycles. The Morgan fingerprint density at radius 3 is 2.23 bits per heavy atom. The third-order valence-electron chi connectivity index (χ3n) is 4.63. The molecule has 0 saturated carbocycles. The summed E-state index contributed by atoms with van der Waals surface area (Å²) in [7, 11) is 0. The highest BCUT2D eigenvalue weighted by Crippen LogP contribution is 2.37. The van der Waals surface area contributed by atoms with Gasteiger partial charge >= 0.3 is 11.8 Å². The Morgan fingerprint density at radius 2 is 1.65 bits per heavy atom. The Balaban J connectivity index is 1.73. The first-order valence-corrected chi connectivity index (χ1v) is 9.88. The Kier molecular flexibility index (Phi) is 5.01. The molecule has 2 aliphatic heterocycles. The molecule has 3 rings (SSSR count). The average Bonchev–Trinajstić information content (AvgIpc) is 3.16. The average molecular weight is 379 g/mol. The Hall–Kier alpha value is -2.03. The zero-order valence-electron chi connectivity index (χ0n) is 15.7. The predicted molar refractivity (Wildman–Crippen MR) is 99.7 cm³/mol. The summed E-state index contributed by atoms with van der Waals surface area (Å²) in [5, 5.41) is 7.43. The highest BCUT2D eigenvalue weighted by atomic mass is 32.2. The summed E-state index contributed by atoms with van der Waals surface area (Å²) in [4.78, 5) is 39.7. The van der Waals surface area contributed by atoms with Crippen LogP contribution in [-0.4, -0.2) is 63.5 Å². The standard InChI is InChI=1S/C17H25N5O3S/c1-11(23)20-5-7-21(8-6-20)16(25)15(24)18-14-12-9-26-10-13(12)19-22(14)17(2,3)4/h5-10H2,1-4H3,(H,18,24). The molecule has 0 unspecified atom stereocenters. The van der Waals surface area contributed by atoms with Crippen LogP contribution < -0.4 is 5.32 Å².